The van der Waals surface area contributed by atoms with Crippen LogP contribution in [0.1, 0.15) is 46.5 Å². The second-order valence-electron chi connectivity index (χ2n) is 4.64. The molecule has 0 aliphatic heterocycles. The number of hydrogen-bond acceptors (Lipinski definition) is 2. The Bertz CT molecular complexity index is 328. The van der Waals surface area contributed by atoms with Crippen LogP contribution < -0.4 is 11.1 Å². The summed E-state index contributed by atoms with van der Waals surface area (Å²) in [6.07, 6.45) is 2.69. The Labute approximate surface area is 110 Å². The van der Waals surface area contributed by atoms with Gasteiger partial charge in [0.1, 0.15) is 0 Å². The summed E-state index contributed by atoms with van der Waals surface area (Å²) in [5.41, 5.74) is 5.10. The van der Waals surface area contributed by atoms with Crippen LogP contribution >= 0.6 is 0 Å². The first-order valence-corrected chi connectivity index (χ1v) is 6.46. The molecule has 1 unspecified atom stereocenters. The summed E-state index contributed by atoms with van der Waals surface area (Å²) in [6.45, 7) is 6.21. The van der Waals surface area contributed by atoms with Crippen molar-refractivity contribution in [1.29, 1.82) is 0 Å². The number of amides is 2. The van der Waals surface area contributed by atoms with E-state index in [1.54, 1.807) is 6.92 Å². The molecule has 18 heavy (non-hydrogen) atoms. The normalized spacial score (nSPS) is 13.1. The summed E-state index contributed by atoms with van der Waals surface area (Å²) in [5, 5.41) is 2.87. The van der Waals surface area contributed by atoms with E-state index in [4.69, 9.17) is 5.73 Å². The van der Waals surface area contributed by atoms with Gasteiger partial charge < -0.3 is 11.1 Å². The van der Waals surface area contributed by atoms with Gasteiger partial charge in [-0.15, -0.1) is 11.8 Å². The summed E-state index contributed by atoms with van der Waals surface area (Å²) in [4.78, 5) is 22.7. The number of hydrogen-bond donors (Lipinski definition) is 2. The average molecular weight is 252 g/mol. The summed E-state index contributed by atoms with van der Waals surface area (Å²) < 4.78 is 0. The molecule has 0 aliphatic rings. The van der Waals surface area contributed by atoms with Crippen molar-refractivity contribution in [2.75, 3.05) is 6.54 Å². The molecule has 0 aromatic carbocycles. The van der Waals surface area contributed by atoms with Crippen LogP contribution in [0.2, 0.25) is 0 Å². The molecule has 0 aromatic rings. The lowest BCUT2D eigenvalue weighted by Crippen LogP contribution is -2.34. The third-order valence-corrected chi connectivity index (χ3v) is 2.71. The van der Waals surface area contributed by atoms with Gasteiger partial charge in [0.05, 0.1) is 0 Å². The smallest absolute Gasteiger partial charge is 0.224 e. The maximum Gasteiger partial charge on any atom is 0.224 e. The second kappa shape index (κ2) is 9.52. The zero-order chi connectivity index (χ0) is 14.0. The number of nitrogens with one attached hydrogen (secondary N) is 1. The van der Waals surface area contributed by atoms with Crippen molar-refractivity contribution < 1.29 is 9.59 Å². The van der Waals surface area contributed by atoms with Crippen LogP contribution in [-0.2, 0) is 9.59 Å². The Morgan fingerprint density at radius 2 is 2.06 bits per heavy atom. The maximum atomic E-state index is 11.9. The third-order valence-electron chi connectivity index (χ3n) is 2.71. The lowest BCUT2D eigenvalue weighted by molar-refractivity contribution is -0.125. The van der Waals surface area contributed by atoms with Gasteiger partial charge >= 0.3 is 0 Å². The third kappa shape index (κ3) is 7.72. The SMILES string of the molecule is CC#CC[C@@H](CCC)C(=O)NCC(C)CC(N)=O. The Hall–Kier alpha value is -1.50. The molecule has 0 radical (unpaired) electrons. The monoisotopic (exact) mass is 252 g/mol. The van der Waals surface area contributed by atoms with E-state index in [2.05, 4.69) is 24.1 Å². The number of nitrogens with two attached hydrogens (primary N) is 1. The van der Waals surface area contributed by atoms with E-state index in [-0.39, 0.29) is 23.7 Å². The van der Waals surface area contributed by atoms with Gasteiger partial charge in [-0.3, -0.25) is 9.59 Å². The van der Waals surface area contributed by atoms with Gasteiger partial charge in [-0.2, -0.15) is 0 Å². The molecule has 0 spiro atoms. The van der Waals surface area contributed by atoms with E-state index in [1.165, 1.54) is 0 Å². The number of primary amides is 1. The molecule has 4 heteroatoms. The molecule has 0 saturated heterocycles. The van der Waals surface area contributed by atoms with Gasteiger partial charge in [0.25, 0.3) is 0 Å². The molecule has 2 atom stereocenters. The van der Waals surface area contributed by atoms with E-state index in [0.29, 0.717) is 19.4 Å². The predicted molar refractivity (Wildman–Crippen MR) is 72.5 cm³/mol. The molecule has 0 aliphatic carbocycles. The van der Waals surface area contributed by atoms with Crippen LogP contribution in [0.4, 0.5) is 0 Å². The van der Waals surface area contributed by atoms with Crippen LogP contribution in [0.25, 0.3) is 0 Å². The number of carbonyl (C=O) groups excluding carboxylic acids is 2. The summed E-state index contributed by atoms with van der Waals surface area (Å²) in [5.74, 6) is 5.47. The molecule has 0 aromatic heterocycles. The van der Waals surface area contributed by atoms with E-state index in [1.807, 2.05) is 6.92 Å². The highest BCUT2D eigenvalue weighted by Crippen LogP contribution is 2.11. The van der Waals surface area contributed by atoms with E-state index >= 15 is 0 Å². The molecule has 0 rings (SSSR count). The molecule has 0 bridgehead atoms. The number of carbonyl (C=O) groups is 2. The molecule has 102 valence electrons. The lowest BCUT2D eigenvalue weighted by Gasteiger charge is -2.16. The van der Waals surface area contributed by atoms with Crippen molar-refractivity contribution in [2.24, 2.45) is 17.6 Å². The molecular weight excluding hydrogens is 228 g/mol. The first-order chi connectivity index (χ1) is 8.51. The first kappa shape index (κ1) is 16.5. The van der Waals surface area contributed by atoms with Gasteiger partial charge in [-0.05, 0) is 19.3 Å². The minimum Gasteiger partial charge on any atom is -0.370 e. The summed E-state index contributed by atoms with van der Waals surface area (Å²) in [7, 11) is 0. The lowest BCUT2D eigenvalue weighted by atomic mass is 9.98. The minimum atomic E-state index is -0.335. The largest absolute Gasteiger partial charge is 0.370 e. The Morgan fingerprint density at radius 3 is 2.56 bits per heavy atom. The molecular formula is C14H24N2O2. The average Bonchev–Trinajstić information content (AvgIpc) is 2.30. The summed E-state index contributed by atoms with van der Waals surface area (Å²) in [6, 6.07) is 0. The zero-order valence-electron chi connectivity index (χ0n) is 11.6. The fourth-order valence-corrected chi connectivity index (χ4v) is 1.73. The summed E-state index contributed by atoms with van der Waals surface area (Å²) >= 11 is 0. The molecule has 0 saturated carbocycles. The molecule has 4 nitrogen and oxygen atoms in total. The fourth-order valence-electron chi connectivity index (χ4n) is 1.73. The molecule has 0 heterocycles. The highest BCUT2D eigenvalue weighted by molar-refractivity contribution is 5.79. The first-order valence-electron chi connectivity index (χ1n) is 6.46. The Kier molecular flexibility index (Phi) is 8.73. The molecule has 0 fully saturated rings. The molecule has 3 N–H and O–H groups in total. The van der Waals surface area contributed by atoms with E-state index in [9.17, 15) is 9.59 Å². The Morgan fingerprint density at radius 1 is 1.39 bits per heavy atom. The van der Waals surface area contributed by atoms with Crippen LogP contribution in [0.3, 0.4) is 0 Å². The standard InChI is InChI=1S/C14H24N2O2/c1-4-6-8-12(7-5-2)14(18)16-10-11(3)9-13(15)17/h11-12H,5,7-10H2,1-3H3,(H2,15,17)(H,16,18)/t11?,12-/m1/s1. The topological polar surface area (TPSA) is 72.2 Å². The van der Waals surface area contributed by atoms with Crippen LogP contribution in [-0.4, -0.2) is 18.4 Å². The second-order valence-corrected chi connectivity index (χ2v) is 4.64. The van der Waals surface area contributed by atoms with Crippen LogP contribution in [0, 0.1) is 23.7 Å². The highest BCUT2D eigenvalue weighted by Gasteiger charge is 2.17. The highest BCUT2D eigenvalue weighted by atomic mass is 16.2. The predicted octanol–water partition coefficient (Wildman–Crippen LogP) is 1.44. The quantitative estimate of drug-likeness (QED) is 0.642. The number of rotatable bonds is 8. The fraction of sp³-hybridized carbons (Fsp3) is 0.714. The maximum absolute atomic E-state index is 11.9. The van der Waals surface area contributed by atoms with Crippen molar-refractivity contribution in [3.63, 3.8) is 0 Å². The van der Waals surface area contributed by atoms with Gasteiger partial charge in [-0.1, -0.05) is 20.3 Å². The minimum absolute atomic E-state index is 0.0240. The van der Waals surface area contributed by atoms with E-state index in [0.717, 1.165) is 12.8 Å². The van der Waals surface area contributed by atoms with Crippen molar-refractivity contribution in [3.05, 3.63) is 0 Å². The molecule has 2 amide bonds. The van der Waals surface area contributed by atoms with Crippen LogP contribution in [0.5, 0.6) is 0 Å². The van der Waals surface area contributed by atoms with Gasteiger partial charge in [0.15, 0.2) is 0 Å². The Balaban J connectivity index is 4.15. The van der Waals surface area contributed by atoms with Gasteiger partial charge in [0.2, 0.25) is 11.8 Å². The van der Waals surface area contributed by atoms with Crippen molar-refractivity contribution in [2.45, 2.75) is 46.5 Å². The van der Waals surface area contributed by atoms with Crippen LogP contribution in [0.15, 0.2) is 0 Å². The van der Waals surface area contributed by atoms with Crippen molar-refractivity contribution in [3.8, 4) is 11.8 Å². The van der Waals surface area contributed by atoms with E-state index < -0.39 is 0 Å². The van der Waals surface area contributed by atoms with Crippen molar-refractivity contribution >= 4 is 11.8 Å². The zero-order valence-corrected chi connectivity index (χ0v) is 11.6. The van der Waals surface area contributed by atoms with Gasteiger partial charge in [-0.25, -0.2) is 0 Å². The van der Waals surface area contributed by atoms with Gasteiger partial charge in [0, 0.05) is 25.3 Å². The van der Waals surface area contributed by atoms with Crippen molar-refractivity contribution in [1.82, 2.24) is 5.32 Å².